The zero-order valence-corrected chi connectivity index (χ0v) is 14.7. The van der Waals surface area contributed by atoms with Crippen molar-refractivity contribution < 1.29 is 8.83 Å². The summed E-state index contributed by atoms with van der Waals surface area (Å²) in [7, 11) is 0. The summed E-state index contributed by atoms with van der Waals surface area (Å²) in [6.45, 7) is 9.05. The Morgan fingerprint density at radius 2 is 2.04 bits per heavy atom. The lowest BCUT2D eigenvalue weighted by atomic mass is 10.2. The summed E-state index contributed by atoms with van der Waals surface area (Å²) in [6.07, 6.45) is 3.81. The lowest BCUT2D eigenvalue weighted by Gasteiger charge is -2.33. The highest BCUT2D eigenvalue weighted by molar-refractivity contribution is 5.75. The first kappa shape index (κ1) is 16.0. The van der Waals surface area contributed by atoms with Crippen LogP contribution in [0.25, 0.3) is 17.2 Å². The largest absolute Gasteiger partial charge is 0.465 e. The average molecular weight is 337 g/mol. The van der Waals surface area contributed by atoms with Crippen molar-refractivity contribution >= 4 is 23.2 Å². The molecule has 3 heterocycles. The van der Waals surface area contributed by atoms with E-state index in [1.54, 1.807) is 6.26 Å². The van der Waals surface area contributed by atoms with Gasteiger partial charge in [0.05, 0.1) is 6.26 Å². The molecule has 25 heavy (non-hydrogen) atoms. The molecular formula is C20H23N3O2. The summed E-state index contributed by atoms with van der Waals surface area (Å²) in [5.41, 5.74) is 4.31. The second kappa shape index (κ2) is 6.76. The number of rotatable bonds is 4. The van der Waals surface area contributed by atoms with Gasteiger partial charge in [-0.15, -0.1) is 0 Å². The van der Waals surface area contributed by atoms with E-state index in [2.05, 4.69) is 46.8 Å². The topological polar surface area (TPSA) is 45.7 Å². The highest BCUT2D eigenvalue weighted by Crippen LogP contribution is 2.23. The number of furan rings is 1. The van der Waals surface area contributed by atoms with Crippen molar-refractivity contribution in [2.24, 2.45) is 0 Å². The molecule has 0 amide bonds. The van der Waals surface area contributed by atoms with Crippen LogP contribution in [0.1, 0.15) is 18.2 Å². The van der Waals surface area contributed by atoms with E-state index < -0.39 is 0 Å². The molecule has 5 nitrogen and oxygen atoms in total. The van der Waals surface area contributed by atoms with E-state index in [-0.39, 0.29) is 0 Å². The van der Waals surface area contributed by atoms with Crippen molar-refractivity contribution in [1.29, 1.82) is 0 Å². The van der Waals surface area contributed by atoms with E-state index in [4.69, 9.17) is 8.83 Å². The van der Waals surface area contributed by atoms with Gasteiger partial charge < -0.3 is 13.7 Å². The maximum absolute atomic E-state index is 5.92. The van der Waals surface area contributed by atoms with Gasteiger partial charge in [0.2, 0.25) is 0 Å². The van der Waals surface area contributed by atoms with Gasteiger partial charge in [0.25, 0.3) is 6.01 Å². The molecule has 1 aliphatic rings. The number of hydrogen-bond donors (Lipinski definition) is 0. The van der Waals surface area contributed by atoms with Gasteiger partial charge in [-0.2, -0.15) is 4.98 Å². The number of fused-ring (bicyclic) bond motifs is 1. The SMILES string of the molecule is CC(=Cc1ccco1)CN1CCN(c2nc3cc(C)ccc3o2)CC1. The highest BCUT2D eigenvalue weighted by Gasteiger charge is 2.21. The number of piperazine rings is 1. The Morgan fingerprint density at radius 1 is 1.20 bits per heavy atom. The molecule has 4 rings (SSSR count). The standard InChI is InChI=1S/C20H23N3O2/c1-15-5-6-19-18(13-15)21-20(25-19)23-9-7-22(8-10-23)14-16(2)12-17-4-3-11-24-17/h3-6,11-13H,7-10,14H2,1-2H3. The Morgan fingerprint density at radius 3 is 2.80 bits per heavy atom. The van der Waals surface area contributed by atoms with Crippen molar-refractivity contribution in [3.8, 4) is 0 Å². The fourth-order valence-electron chi connectivity index (χ4n) is 3.27. The molecule has 2 aromatic heterocycles. The quantitative estimate of drug-likeness (QED) is 0.721. The fourth-order valence-corrected chi connectivity index (χ4v) is 3.27. The molecule has 0 spiro atoms. The van der Waals surface area contributed by atoms with Crippen LogP contribution in [0.4, 0.5) is 6.01 Å². The van der Waals surface area contributed by atoms with Gasteiger partial charge in [-0.1, -0.05) is 11.6 Å². The number of oxazole rings is 1. The molecule has 0 unspecified atom stereocenters. The molecule has 0 aliphatic carbocycles. The van der Waals surface area contributed by atoms with Gasteiger partial charge >= 0.3 is 0 Å². The summed E-state index contributed by atoms with van der Waals surface area (Å²) in [5.74, 6) is 0.915. The number of aryl methyl sites for hydroxylation is 1. The summed E-state index contributed by atoms with van der Waals surface area (Å²) >= 11 is 0. The van der Waals surface area contributed by atoms with E-state index in [9.17, 15) is 0 Å². The Hall–Kier alpha value is -2.53. The first-order valence-electron chi connectivity index (χ1n) is 8.72. The van der Waals surface area contributed by atoms with Crippen LogP contribution in [0.5, 0.6) is 0 Å². The third kappa shape index (κ3) is 3.61. The third-order valence-corrected chi connectivity index (χ3v) is 4.58. The van der Waals surface area contributed by atoms with Crippen LogP contribution >= 0.6 is 0 Å². The predicted molar refractivity (Wildman–Crippen MR) is 99.8 cm³/mol. The van der Waals surface area contributed by atoms with E-state index in [1.807, 2.05) is 18.2 Å². The zero-order valence-electron chi connectivity index (χ0n) is 14.7. The van der Waals surface area contributed by atoms with Crippen LogP contribution in [-0.2, 0) is 0 Å². The maximum Gasteiger partial charge on any atom is 0.298 e. The Kier molecular flexibility index (Phi) is 4.32. The molecule has 0 radical (unpaired) electrons. The van der Waals surface area contributed by atoms with Crippen LogP contribution < -0.4 is 4.90 Å². The predicted octanol–water partition coefficient (Wildman–Crippen LogP) is 3.95. The van der Waals surface area contributed by atoms with Crippen LogP contribution in [-0.4, -0.2) is 42.6 Å². The monoisotopic (exact) mass is 337 g/mol. The molecule has 0 N–H and O–H groups in total. The normalized spacial score (nSPS) is 16.7. The summed E-state index contributed by atoms with van der Waals surface area (Å²) in [6, 6.07) is 10.8. The van der Waals surface area contributed by atoms with Crippen LogP contribution in [0.2, 0.25) is 0 Å². The second-order valence-electron chi connectivity index (χ2n) is 6.74. The Balaban J connectivity index is 1.37. The molecule has 0 saturated carbocycles. The Bertz CT molecular complexity index is 872. The van der Waals surface area contributed by atoms with E-state index in [1.165, 1.54) is 11.1 Å². The fraction of sp³-hybridized carbons (Fsp3) is 0.350. The van der Waals surface area contributed by atoms with E-state index in [0.717, 1.165) is 55.6 Å². The summed E-state index contributed by atoms with van der Waals surface area (Å²) in [5, 5.41) is 0. The van der Waals surface area contributed by atoms with Crippen molar-refractivity contribution in [1.82, 2.24) is 9.88 Å². The van der Waals surface area contributed by atoms with Crippen molar-refractivity contribution in [2.75, 3.05) is 37.6 Å². The first-order chi connectivity index (χ1) is 12.2. The molecule has 1 aromatic carbocycles. The molecular weight excluding hydrogens is 314 g/mol. The lowest BCUT2D eigenvalue weighted by molar-refractivity contribution is 0.273. The van der Waals surface area contributed by atoms with Gasteiger partial charge in [0.1, 0.15) is 11.3 Å². The molecule has 0 bridgehead atoms. The molecule has 3 aromatic rings. The number of hydrogen-bond acceptors (Lipinski definition) is 5. The molecule has 5 heteroatoms. The molecule has 1 saturated heterocycles. The van der Waals surface area contributed by atoms with Gasteiger partial charge in [0.15, 0.2) is 5.58 Å². The van der Waals surface area contributed by atoms with E-state index >= 15 is 0 Å². The second-order valence-corrected chi connectivity index (χ2v) is 6.74. The highest BCUT2D eigenvalue weighted by atomic mass is 16.4. The van der Waals surface area contributed by atoms with Crippen LogP contribution in [0.3, 0.4) is 0 Å². The number of aromatic nitrogens is 1. The minimum Gasteiger partial charge on any atom is -0.465 e. The molecule has 0 atom stereocenters. The molecule has 1 fully saturated rings. The number of nitrogens with zero attached hydrogens (tertiary/aromatic N) is 3. The van der Waals surface area contributed by atoms with Crippen molar-refractivity contribution in [3.05, 3.63) is 53.5 Å². The minimum atomic E-state index is 0.739. The van der Waals surface area contributed by atoms with Gasteiger partial charge in [-0.05, 0) is 49.8 Å². The smallest absolute Gasteiger partial charge is 0.298 e. The average Bonchev–Trinajstić information content (AvgIpc) is 3.24. The maximum atomic E-state index is 5.92. The number of benzene rings is 1. The molecule has 1 aliphatic heterocycles. The lowest BCUT2D eigenvalue weighted by Crippen LogP contribution is -2.46. The van der Waals surface area contributed by atoms with Crippen LogP contribution in [0.15, 0.2) is 51.0 Å². The van der Waals surface area contributed by atoms with Crippen molar-refractivity contribution in [3.63, 3.8) is 0 Å². The third-order valence-electron chi connectivity index (χ3n) is 4.58. The van der Waals surface area contributed by atoms with Gasteiger partial charge in [0, 0.05) is 32.7 Å². The van der Waals surface area contributed by atoms with E-state index in [0.29, 0.717) is 0 Å². The zero-order chi connectivity index (χ0) is 17.2. The first-order valence-corrected chi connectivity index (χ1v) is 8.72. The van der Waals surface area contributed by atoms with Crippen molar-refractivity contribution in [2.45, 2.75) is 13.8 Å². The summed E-state index contributed by atoms with van der Waals surface area (Å²) in [4.78, 5) is 9.34. The number of anilines is 1. The molecule has 130 valence electrons. The summed E-state index contributed by atoms with van der Waals surface area (Å²) < 4.78 is 11.3. The van der Waals surface area contributed by atoms with Gasteiger partial charge in [-0.3, -0.25) is 4.90 Å². The van der Waals surface area contributed by atoms with Gasteiger partial charge in [-0.25, -0.2) is 0 Å². The minimum absolute atomic E-state index is 0.739. The Labute approximate surface area is 147 Å². The van der Waals surface area contributed by atoms with Crippen LogP contribution in [0, 0.1) is 6.92 Å².